The quantitative estimate of drug-likeness (QED) is 0.701. The molecule has 1 heterocycles. The summed E-state index contributed by atoms with van der Waals surface area (Å²) in [6.07, 6.45) is 5.56. The Kier molecular flexibility index (Phi) is 7.14. The van der Waals surface area contributed by atoms with Gasteiger partial charge in [-0.1, -0.05) is 33.6 Å². The van der Waals surface area contributed by atoms with Crippen molar-refractivity contribution in [2.75, 3.05) is 26.2 Å². The van der Waals surface area contributed by atoms with Gasteiger partial charge in [0.15, 0.2) is 0 Å². The van der Waals surface area contributed by atoms with Crippen molar-refractivity contribution in [2.45, 2.75) is 59.4 Å². The zero-order valence-corrected chi connectivity index (χ0v) is 12.3. The van der Waals surface area contributed by atoms with Crippen LogP contribution in [0.5, 0.6) is 0 Å². The van der Waals surface area contributed by atoms with E-state index in [9.17, 15) is 0 Å². The van der Waals surface area contributed by atoms with E-state index in [2.05, 4.69) is 37.9 Å². The van der Waals surface area contributed by atoms with Crippen LogP contribution in [0.25, 0.3) is 0 Å². The number of likely N-dealkylation sites (tertiary alicyclic amines) is 1. The van der Waals surface area contributed by atoms with Gasteiger partial charge in [0.1, 0.15) is 0 Å². The summed E-state index contributed by atoms with van der Waals surface area (Å²) in [6, 6.07) is 0.792. The summed E-state index contributed by atoms with van der Waals surface area (Å²) in [6.45, 7) is 14.2. The first-order valence-corrected chi connectivity index (χ1v) is 7.58. The van der Waals surface area contributed by atoms with E-state index in [0.29, 0.717) is 0 Å². The smallest absolute Gasteiger partial charge is 0.00670 e. The van der Waals surface area contributed by atoms with Gasteiger partial charge in [0, 0.05) is 12.6 Å². The van der Waals surface area contributed by atoms with Gasteiger partial charge in [-0.05, 0) is 51.2 Å². The highest BCUT2D eigenvalue weighted by molar-refractivity contribution is 4.80. The molecule has 0 aromatic carbocycles. The van der Waals surface area contributed by atoms with Crippen LogP contribution < -0.4 is 5.32 Å². The maximum absolute atomic E-state index is 3.48. The Balaban J connectivity index is 2.14. The number of rotatable bonds is 8. The molecule has 0 aromatic heterocycles. The standard InChI is InChI=1S/C15H32N2/c1-5-16-11-15-9-10-17(12-15)14(4)8-6-7-13(2)3/h13-16H,5-12H2,1-4H3. The summed E-state index contributed by atoms with van der Waals surface area (Å²) in [5.74, 6) is 1.75. The molecule has 1 aliphatic heterocycles. The average Bonchev–Trinajstić information content (AvgIpc) is 2.74. The van der Waals surface area contributed by atoms with Crippen LogP contribution in [0.4, 0.5) is 0 Å². The molecule has 0 radical (unpaired) electrons. The summed E-state index contributed by atoms with van der Waals surface area (Å²) in [7, 11) is 0. The molecular weight excluding hydrogens is 208 g/mol. The maximum Gasteiger partial charge on any atom is 0.00670 e. The fraction of sp³-hybridized carbons (Fsp3) is 1.00. The Labute approximate surface area is 108 Å². The minimum atomic E-state index is 0.792. The second-order valence-corrected chi connectivity index (χ2v) is 6.13. The van der Waals surface area contributed by atoms with Crippen molar-refractivity contribution in [1.82, 2.24) is 10.2 Å². The van der Waals surface area contributed by atoms with Crippen LogP contribution in [0.2, 0.25) is 0 Å². The first-order valence-electron chi connectivity index (χ1n) is 7.58. The molecular formula is C15H32N2. The van der Waals surface area contributed by atoms with E-state index in [-0.39, 0.29) is 0 Å². The Morgan fingerprint density at radius 2 is 2.00 bits per heavy atom. The van der Waals surface area contributed by atoms with Crippen molar-refractivity contribution >= 4 is 0 Å². The van der Waals surface area contributed by atoms with Crippen LogP contribution in [0.1, 0.15) is 53.4 Å². The Hall–Kier alpha value is -0.0800. The lowest BCUT2D eigenvalue weighted by Crippen LogP contribution is -2.32. The van der Waals surface area contributed by atoms with Gasteiger partial charge in [-0.25, -0.2) is 0 Å². The predicted molar refractivity (Wildman–Crippen MR) is 76.4 cm³/mol. The van der Waals surface area contributed by atoms with Crippen LogP contribution in [0, 0.1) is 11.8 Å². The van der Waals surface area contributed by atoms with E-state index in [1.165, 1.54) is 45.3 Å². The van der Waals surface area contributed by atoms with Crippen molar-refractivity contribution in [3.8, 4) is 0 Å². The number of nitrogens with one attached hydrogen (secondary N) is 1. The van der Waals surface area contributed by atoms with E-state index in [1.807, 2.05) is 0 Å². The van der Waals surface area contributed by atoms with Gasteiger partial charge in [-0.15, -0.1) is 0 Å². The van der Waals surface area contributed by atoms with Crippen LogP contribution in [0.15, 0.2) is 0 Å². The molecule has 0 bridgehead atoms. The van der Waals surface area contributed by atoms with Gasteiger partial charge >= 0.3 is 0 Å². The Morgan fingerprint density at radius 3 is 2.65 bits per heavy atom. The van der Waals surface area contributed by atoms with Gasteiger partial charge in [0.2, 0.25) is 0 Å². The van der Waals surface area contributed by atoms with Crippen LogP contribution in [0.3, 0.4) is 0 Å². The van der Waals surface area contributed by atoms with Crippen molar-refractivity contribution in [2.24, 2.45) is 11.8 Å². The first kappa shape index (κ1) is 15.0. The van der Waals surface area contributed by atoms with E-state index in [4.69, 9.17) is 0 Å². The van der Waals surface area contributed by atoms with E-state index < -0.39 is 0 Å². The minimum Gasteiger partial charge on any atom is -0.317 e. The van der Waals surface area contributed by atoms with Gasteiger partial charge in [0.05, 0.1) is 0 Å². The van der Waals surface area contributed by atoms with Crippen LogP contribution in [-0.2, 0) is 0 Å². The molecule has 2 atom stereocenters. The van der Waals surface area contributed by atoms with Crippen LogP contribution in [-0.4, -0.2) is 37.1 Å². The maximum atomic E-state index is 3.48. The third-order valence-corrected chi connectivity index (χ3v) is 4.03. The third-order valence-electron chi connectivity index (χ3n) is 4.03. The second-order valence-electron chi connectivity index (χ2n) is 6.13. The van der Waals surface area contributed by atoms with Crippen molar-refractivity contribution in [3.05, 3.63) is 0 Å². The highest BCUT2D eigenvalue weighted by atomic mass is 15.2. The molecule has 1 saturated heterocycles. The van der Waals surface area contributed by atoms with Crippen LogP contribution >= 0.6 is 0 Å². The monoisotopic (exact) mass is 240 g/mol. The molecule has 0 spiro atoms. The first-order chi connectivity index (χ1) is 8.13. The lowest BCUT2D eigenvalue weighted by atomic mass is 10.0. The summed E-state index contributed by atoms with van der Waals surface area (Å²) in [5.41, 5.74) is 0. The summed E-state index contributed by atoms with van der Waals surface area (Å²) >= 11 is 0. The van der Waals surface area contributed by atoms with Crippen molar-refractivity contribution < 1.29 is 0 Å². The van der Waals surface area contributed by atoms with Gasteiger partial charge in [-0.3, -0.25) is 0 Å². The van der Waals surface area contributed by atoms with E-state index in [1.54, 1.807) is 0 Å². The molecule has 0 aromatic rings. The van der Waals surface area contributed by atoms with Gasteiger partial charge < -0.3 is 10.2 Å². The average molecular weight is 240 g/mol. The second kappa shape index (κ2) is 8.10. The summed E-state index contributed by atoms with van der Waals surface area (Å²) < 4.78 is 0. The molecule has 102 valence electrons. The topological polar surface area (TPSA) is 15.3 Å². The molecule has 0 saturated carbocycles. The molecule has 1 rings (SSSR count). The third kappa shape index (κ3) is 5.87. The molecule has 0 aliphatic carbocycles. The lowest BCUT2D eigenvalue weighted by Gasteiger charge is -2.24. The van der Waals surface area contributed by atoms with Gasteiger partial charge in [-0.2, -0.15) is 0 Å². The highest BCUT2D eigenvalue weighted by Gasteiger charge is 2.25. The number of hydrogen-bond donors (Lipinski definition) is 1. The molecule has 17 heavy (non-hydrogen) atoms. The van der Waals surface area contributed by atoms with Gasteiger partial charge in [0.25, 0.3) is 0 Å². The minimum absolute atomic E-state index is 0.792. The van der Waals surface area contributed by atoms with Crippen molar-refractivity contribution in [1.29, 1.82) is 0 Å². The fourth-order valence-corrected chi connectivity index (χ4v) is 2.78. The molecule has 1 aliphatic rings. The normalized spacial score (nSPS) is 23.5. The fourth-order valence-electron chi connectivity index (χ4n) is 2.78. The SMILES string of the molecule is CCNCC1CCN(C(C)CCCC(C)C)C1. The van der Waals surface area contributed by atoms with E-state index >= 15 is 0 Å². The number of hydrogen-bond acceptors (Lipinski definition) is 2. The van der Waals surface area contributed by atoms with Crippen molar-refractivity contribution in [3.63, 3.8) is 0 Å². The molecule has 1 N–H and O–H groups in total. The van der Waals surface area contributed by atoms with E-state index in [0.717, 1.165) is 24.4 Å². The zero-order chi connectivity index (χ0) is 12.7. The predicted octanol–water partition coefficient (Wildman–Crippen LogP) is 3.13. The Bertz CT molecular complexity index is 191. The largest absolute Gasteiger partial charge is 0.317 e. The summed E-state index contributed by atoms with van der Waals surface area (Å²) in [4.78, 5) is 2.70. The molecule has 2 nitrogen and oxygen atoms in total. The Morgan fingerprint density at radius 1 is 1.24 bits per heavy atom. The lowest BCUT2D eigenvalue weighted by molar-refractivity contribution is 0.231. The molecule has 2 unspecified atom stereocenters. The molecule has 2 heteroatoms. The number of nitrogens with zero attached hydrogens (tertiary/aromatic N) is 1. The summed E-state index contributed by atoms with van der Waals surface area (Å²) in [5, 5.41) is 3.48. The highest BCUT2D eigenvalue weighted by Crippen LogP contribution is 2.21. The molecule has 0 amide bonds. The zero-order valence-electron chi connectivity index (χ0n) is 12.3. The molecule has 1 fully saturated rings.